The molecule has 0 amide bonds. The Morgan fingerprint density at radius 3 is 2.77 bits per heavy atom. The van der Waals surface area contributed by atoms with Crippen LogP contribution in [0.2, 0.25) is 0 Å². The number of halogens is 2. The van der Waals surface area contributed by atoms with Gasteiger partial charge in [0, 0.05) is 4.47 Å². The first-order chi connectivity index (χ1) is 6.13. The van der Waals surface area contributed by atoms with Crippen molar-refractivity contribution in [2.24, 2.45) is 5.84 Å². The first-order valence-electron chi connectivity index (χ1n) is 3.36. The molecule has 6 heteroatoms. The Labute approximate surface area is 88.6 Å². The van der Waals surface area contributed by atoms with Crippen LogP contribution in [-0.2, 0) is 0 Å². The van der Waals surface area contributed by atoms with Gasteiger partial charge in [-0.15, -0.1) is 0 Å². The summed E-state index contributed by atoms with van der Waals surface area (Å²) in [6.07, 6.45) is 0. The standard InChI is InChI=1S/C7H7BrFN3S/c8-4-1-2-6(5(9)3-4)11-7(13)12-10/h1-3H,10H2,(H2,11,12,13). The summed E-state index contributed by atoms with van der Waals surface area (Å²) in [7, 11) is 0. The van der Waals surface area contributed by atoms with Crippen molar-refractivity contribution in [3.05, 3.63) is 28.5 Å². The maximum Gasteiger partial charge on any atom is 0.185 e. The van der Waals surface area contributed by atoms with Crippen molar-refractivity contribution in [3.63, 3.8) is 0 Å². The SMILES string of the molecule is NNC(=S)Nc1ccc(Br)cc1F. The van der Waals surface area contributed by atoms with E-state index in [2.05, 4.69) is 26.7 Å². The van der Waals surface area contributed by atoms with Gasteiger partial charge < -0.3 is 10.7 Å². The van der Waals surface area contributed by atoms with E-state index in [0.29, 0.717) is 4.47 Å². The van der Waals surface area contributed by atoms with E-state index in [4.69, 9.17) is 18.1 Å². The average molecular weight is 264 g/mol. The Balaban J connectivity index is 2.83. The summed E-state index contributed by atoms with van der Waals surface area (Å²) in [5.41, 5.74) is 2.48. The molecule has 0 saturated heterocycles. The van der Waals surface area contributed by atoms with Crippen LogP contribution in [-0.4, -0.2) is 5.11 Å². The number of hydrazine groups is 1. The highest BCUT2D eigenvalue weighted by atomic mass is 79.9. The predicted molar refractivity (Wildman–Crippen MR) is 57.6 cm³/mol. The third-order valence-electron chi connectivity index (χ3n) is 1.31. The van der Waals surface area contributed by atoms with Gasteiger partial charge in [-0.3, -0.25) is 0 Å². The van der Waals surface area contributed by atoms with Crippen molar-refractivity contribution in [2.75, 3.05) is 5.32 Å². The van der Waals surface area contributed by atoms with Gasteiger partial charge >= 0.3 is 0 Å². The van der Waals surface area contributed by atoms with E-state index in [1.807, 2.05) is 0 Å². The molecule has 0 aliphatic heterocycles. The highest BCUT2D eigenvalue weighted by Crippen LogP contribution is 2.18. The number of rotatable bonds is 1. The molecule has 3 nitrogen and oxygen atoms in total. The maximum absolute atomic E-state index is 13.1. The Bertz CT molecular complexity index is 332. The van der Waals surface area contributed by atoms with E-state index in [1.54, 1.807) is 12.1 Å². The molecule has 1 aromatic carbocycles. The molecule has 0 spiro atoms. The van der Waals surface area contributed by atoms with Crippen molar-refractivity contribution < 1.29 is 4.39 Å². The fourth-order valence-electron chi connectivity index (χ4n) is 0.749. The number of nitrogens with two attached hydrogens (primary N) is 1. The molecule has 70 valence electrons. The molecule has 0 atom stereocenters. The highest BCUT2D eigenvalue weighted by Gasteiger charge is 2.02. The van der Waals surface area contributed by atoms with Gasteiger partial charge in [0.05, 0.1) is 5.69 Å². The predicted octanol–water partition coefficient (Wildman–Crippen LogP) is 1.75. The monoisotopic (exact) mass is 263 g/mol. The van der Waals surface area contributed by atoms with Gasteiger partial charge in [0.25, 0.3) is 0 Å². The summed E-state index contributed by atoms with van der Waals surface area (Å²) in [4.78, 5) is 0. The number of anilines is 1. The van der Waals surface area contributed by atoms with Crippen LogP contribution in [0.5, 0.6) is 0 Å². The molecule has 0 heterocycles. The molecular weight excluding hydrogens is 257 g/mol. The molecule has 4 N–H and O–H groups in total. The molecule has 13 heavy (non-hydrogen) atoms. The average Bonchev–Trinajstić information content (AvgIpc) is 2.09. The fraction of sp³-hybridized carbons (Fsp3) is 0. The fourth-order valence-corrected chi connectivity index (χ4v) is 1.19. The second-order valence-electron chi connectivity index (χ2n) is 2.22. The van der Waals surface area contributed by atoms with Crippen LogP contribution in [0.1, 0.15) is 0 Å². The van der Waals surface area contributed by atoms with Crippen LogP contribution >= 0.6 is 28.1 Å². The Hall–Kier alpha value is -0.720. The Morgan fingerprint density at radius 2 is 2.23 bits per heavy atom. The van der Waals surface area contributed by atoms with Crippen LogP contribution in [0.25, 0.3) is 0 Å². The van der Waals surface area contributed by atoms with Crippen LogP contribution in [0.15, 0.2) is 22.7 Å². The summed E-state index contributed by atoms with van der Waals surface area (Å²) >= 11 is 7.84. The van der Waals surface area contributed by atoms with Crippen LogP contribution in [0.3, 0.4) is 0 Å². The molecule has 0 radical (unpaired) electrons. The lowest BCUT2D eigenvalue weighted by Crippen LogP contribution is -2.34. The second-order valence-corrected chi connectivity index (χ2v) is 3.55. The van der Waals surface area contributed by atoms with E-state index < -0.39 is 5.82 Å². The van der Waals surface area contributed by atoms with Gasteiger partial charge in [0.1, 0.15) is 5.82 Å². The molecule has 0 unspecified atom stereocenters. The number of benzene rings is 1. The number of nitrogens with one attached hydrogen (secondary N) is 2. The minimum absolute atomic E-state index is 0.168. The van der Waals surface area contributed by atoms with Crippen LogP contribution < -0.4 is 16.6 Å². The highest BCUT2D eigenvalue weighted by molar-refractivity contribution is 9.10. The molecule has 0 aliphatic carbocycles. The van der Waals surface area contributed by atoms with E-state index in [9.17, 15) is 4.39 Å². The van der Waals surface area contributed by atoms with Gasteiger partial charge in [0.15, 0.2) is 5.11 Å². The minimum atomic E-state index is -0.396. The Morgan fingerprint density at radius 1 is 1.54 bits per heavy atom. The normalized spacial score (nSPS) is 9.46. The lowest BCUT2D eigenvalue weighted by atomic mass is 10.3. The smallest absolute Gasteiger partial charge is 0.185 e. The van der Waals surface area contributed by atoms with Crippen molar-refractivity contribution in [3.8, 4) is 0 Å². The van der Waals surface area contributed by atoms with Crippen molar-refractivity contribution >= 4 is 38.9 Å². The first-order valence-corrected chi connectivity index (χ1v) is 4.56. The zero-order chi connectivity index (χ0) is 9.84. The third kappa shape index (κ3) is 2.91. The zero-order valence-electron chi connectivity index (χ0n) is 6.47. The zero-order valence-corrected chi connectivity index (χ0v) is 8.88. The number of thiocarbonyl (C=S) groups is 1. The Kier molecular flexibility index (Phi) is 3.58. The summed E-state index contributed by atoms with van der Waals surface area (Å²) in [6, 6.07) is 4.59. The lowest BCUT2D eigenvalue weighted by molar-refractivity contribution is 0.631. The van der Waals surface area contributed by atoms with Gasteiger partial charge in [-0.1, -0.05) is 15.9 Å². The lowest BCUT2D eigenvalue weighted by Gasteiger charge is -2.07. The molecular formula is C7H7BrFN3S. The third-order valence-corrected chi connectivity index (χ3v) is 2.02. The minimum Gasteiger partial charge on any atom is -0.329 e. The summed E-state index contributed by atoms with van der Waals surface area (Å²) in [5, 5.41) is 2.75. The summed E-state index contributed by atoms with van der Waals surface area (Å²) < 4.78 is 13.8. The van der Waals surface area contributed by atoms with E-state index in [-0.39, 0.29) is 10.8 Å². The molecule has 0 saturated carbocycles. The van der Waals surface area contributed by atoms with E-state index in [1.165, 1.54) is 6.07 Å². The van der Waals surface area contributed by atoms with Crippen LogP contribution in [0, 0.1) is 5.82 Å². The maximum atomic E-state index is 13.1. The summed E-state index contributed by atoms with van der Waals surface area (Å²) in [5.74, 6) is 4.62. The molecule has 1 aromatic rings. The number of hydrogen-bond acceptors (Lipinski definition) is 2. The van der Waals surface area contributed by atoms with E-state index >= 15 is 0 Å². The molecule has 0 fully saturated rings. The summed E-state index contributed by atoms with van der Waals surface area (Å²) in [6.45, 7) is 0. The number of hydrogen-bond donors (Lipinski definition) is 3. The molecule has 0 bridgehead atoms. The second kappa shape index (κ2) is 4.50. The molecule has 1 rings (SSSR count). The van der Waals surface area contributed by atoms with Crippen LogP contribution in [0.4, 0.5) is 10.1 Å². The van der Waals surface area contributed by atoms with E-state index in [0.717, 1.165) is 0 Å². The van der Waals surface area contributed by atoms with Gasteiger partial charge in [0.2, 0.25) is 0 Å². The van der Waals surface area contributed by atoms with Crippen molar-refractivity contribution in [2.45, 2.75) is 0 Å². The molecule has 0 aromatic heterocycles. The largest absolute Gasteiger partial charge is 0.329 e. The first kappa shape index (κ1) is 10.4. The quantitative estimate of drug-likeness (QED) is 0.411. The van der Waals surface area contributed by atoms with Crippen molar-refractivity contribution in [1.29, 1.82) is 0 Å². The topological polar surface area (TPSA) is 50.1 Å². The molecule has 0 aliphatic rings. The van der Waals surface area contributed by atoms with Crippen molar-refractivity contribution in [1.82, 2.24) is 5.43 Å². The van der Waals surface area contributed by atoms with Gasteiger partial charge in [-0.05, 0) is 30.4 Å². The van der Waals surface area contributed by atoms with Gasteiger partial charge in [-0.2, -0.15) is 0 Å². The van der Waals surface area contributed by atoms with Gasteiger partial charge in [-0.25, -0.2) is 10.2 Å².